The van der Waals surface area contributed by atoms with Crippen molar-refractivity contribution >= 4 is 5.69 Å². The monoisotopic (exact) mass is 278 g/mol. The molecule has 0 spiro atoms. The van der Waals surface area contributed by atoms with Gasteiger partial charge < -0.3 is 9.64 Å². The molecule has 1 fully saturated rings. The molecule has 0 unspecified atom stereocenters. The molecule has 0 atom stereocenters. The number of piperidine rings is 1. The standard InChI is InChI=1S/C15H22N2O3/c1-3-8-16-9-6-12(7-10-16)14-11-13(17(18)19)4-5-15(14)20-2/h4-5,11-12H,3,6-10H2,1-2H3. The average molecular weight is 278 g/mol. The van der Waals surface area contributed by atoms with Gasteiger partial charge in [-0.2, -0.15) is 0 Å². The Bertz CT molecular complexity index is 468. The highest BCUT2D eigenvalue weighted by atomic mass is 16.6. The molecule has 1 aliphatic heterocycles. The molecule has 2 rings (SSSR count). The lowest BCUT2D eigenvalue weighted by Gasteiger charge is -2.32. The molecule has 0 amide bonds. The van der Waals surface area contributed by atoms with E-state index in [0.717, 1.165) is 43.8 Å². The summed E-state index contributed by atoms with van der Waals surface area (Å²) in [6.07, 6.45) is 3.25. The zero-order valence-corrected chi connectivity index (χ0v) is 12.2. The maximum absolute atomic E-state index is 10.9. The highest BCUT2D eigenvalue weighted by Crippen LogP contribution is 2.36. The summed E-state index contributed by atoms with van der Waals surface area (Å²) in [7, 11) is 1.62. The topological polar surface area (TPSA) is 55.6 Å². The minimum Gasteiger partial charge on any atom is -0.496 e. The third kappa shape index (κ3) is 3.28. The molecule has 0 aliphatic carbocycles. The molecule has 5 heteroatoms. The Morgan fingerprint density at radius 3 is 2.65 bits per heavy atom. The molecule has 0 aromatic heterocycles. The van der Waals surface area contributed by atoms with Crippen molar-refractivity contribution < 1.29 is 9.66 Å². The number of rotatable bonds is 5. The molecule has 0 saturated carbocycles. The van der Waals surface area contributed by atoms with Gasteiger partial charge in [0, 0.05) is 17.7 Å². The SMILES string of the molecule is CCCN1CCC(c2cc([N+](=O)[O-])ccc2OC)CC1. The Kier molecular flexibility index (Phi) is 4.95. The fourth-order valence-corrected chi connectivity index (χ4v) is 2.94. The molecule has 1 saturated heterocycles. The lowest BCUT2D eigenvalue weighted by molar-refractivity contribution is -0.385. The fourth-order valence-electron chi connectivity index (χ4n) is 2.94. The van der Waals surface area contributed by atoms with Crippen molar-refractivity contribution in [3.8, 4) is 5.75 Å². The molecule has 1 aliphatic rings. The van der Waals surface area contributed by atoms with Gasteiger partial charge in [0.15, 0.2) is 0 Å². The van der Waals surface area contributed by atoms with Crippen LogP contribution in [-0.4, -0.2) is 36.6 Å². The molecular formula is C15H22N2O3. The predicted molar refractivity (Wildman–Crippen MR) is 78.4 cm³/mol. The number of likely N-dealkylation sites (tertiary alicyclic amines) is 1. The van der Waals surface area contributed by atoms with E-state index in [0.29, 0.717) is 5.92 Å². The number of hydrogen-bond donors (Lipinski definition) is 0. The molecule has 0 bridgehead atoms. The van der Waals surface area contributed by atoms with Gasteiger partial charge in [-0.05, 0) is 50.9 Å². The second kappa shape index (κ2) is 6.70. The van der Waals surface area contributed by atoms with Crippen LogP contribution in [0, 0.1) is 10.1 Å². The number of methoxy groups -OCH3 is 1. The van der Waals surface area contributed by atoms with Crippen molar-refractivity contribution in [2.75, 3.05) is 26.7 Å². The van der Waals surface area contributed by atoms with Crippen molar-refractivity contribution in [1.82, 2.24) is 4.90 Å². The minimum atomic E-state index is -0.338. The summed E-state index contributed by atoms with van der Waals surface area (Å²) in [6.45, 7) is 5.45. The van der Waals surface area contributed by atoms with Crippen LogP contribution >= 0.6 is 0 Å². The van der Waals surface area contributed by atoms with E-state index >= 15 is 0 Å². The number of ether oxygens (including phenoxy) is 1. The highest BCUT2D eigenvalue weighted by Gasteiger charge is 2.24. The maximum Gasteiger partial charge on any atom is 0.269 e. The summed E-state index contributed by atoms with van der Waals surface area (Å²) in [5, 5.41) is 10.9. The first-order valence-corrected chi connectivity index (χ1v) is 7.20. The molecular weight excluding hydrogens is 256 g/mol. The van der Waals surface area contributed by atoms with Crippen LogP contribution in [0.5, 0.6) is 5.75 Å². The van der Waals surface area contributed by atoms with E-state index in [1.54, 1.807) is 19.2 Å². The Morgan fingerprint density at radius 1 is 1.40 bits per heavy atom. The third-order valence-corrected chi connectivity index (χ3v) is 3.99. The lowest BCUT2D eigenvalue weighted by atomic mass is 9.88. The van der Waals surface area contributed by atoms with E-state index in [4.69, 9.17) is 4.74 Å². The fraction of sp³-hybridized carbons (Fsp3) is 0.600. The van der Waals surface area contributed by atoms with Crippen LogP contribution in [0.3, 0.4) is 0 Å². The molecule has 20 heavy (non-hydrogen) atoms. The largest absolute Gasteiger partial charge is 0.496 e. The van der Waals surface area contributed by atoms with Crippen LogP contribution in [0.1, 0.15) is 37.7 Å². The normalized spacial score (nSPS) is 17.1. The van der Waals surface area contributed by atoms with Gasteiger partial charge in [0.2, 0.25) is 0 Å². The van der Waals surface area contributed by atoms with Crippen LogP contribution in [0.25, 0.3) is 0 Å². The first kappa shape index (κ1) is 14.8. The Labute approximate surface area is 119 Å². The van der Waals surface area contributed by atoms with Gasteiger partial charge in [0.1, 0.15) is 5.75 Å². The van der Waals surface area contributed by atoms with Gasteiger partial charge in [-0.3, -0.25) is 10.1 Å². The number of benzene rings is 1. The maximum atomic E-state index is 10.9. The van der Waals surface area contributed by atoms with E-state index in [2.05, 4.69) is 11.8 Å². The summed E-state index contributed by atoms with van der Waals surface area (Å²) in [5.41, 5.74) is 1.13. The van der Waals surface area contributed by atoms with Gasteiger partial charge >= 0.3 is 0 Å². The number of non-ortho nitro benzene ring substituents is 1. The first-order valence-electron chi connectivity index (χ1n) is 7.20. The van der Waals surface area contributed by atoms with Crippen molar-refractivity contribution in [2.24, 2.45) is 0 Å². The minimum absolute atomic E-state index is 0.150. The summed E-state index contributed by atoms with van der Waals surface area (Å²) in [4.78, 5) is 13.0. The summed E-state index contributed by atoms with van der Waals surface area (Å²) in [5.74, 6) is 1.13. The zero-order valence-electron chi connectivity index (χ0n) is 12.2. The lowest BCUT2D eigenvalue weighted by Crippen LogP contribution is -2.33. The van der Waals surface area contributed by atoms with E-state index in [1.165, 1.54) is 12.5 Å². The van der Waals surface area contributed by atoms with Crippen LogP contribution in [0.15, 0.2) is 18.2 Å². The molecule has 1 heterocycles. The number of nitrogens with zero attached hydrogens (tertiary/aromatic N) is 2. The molecule has 110 valence electrons. The van der Waals surface area contributed by atoms with Gasteiger partial charge in [0.25, 0.3) is 5.69 Å². The summed E-state index contributed by atoms with van der Waals surface area (Å²) >= 11 is 0. The Balaban J connectivity index is 2.15. The van der Waals surface area contributed by atoms with E-state index in [1.807, 2.05) is 0 Å². The number of hydrogen-bond acceptors (Lipinski definition) is 4. The first-order chi connectivity index (χ1) is 9.65. The zero-order chi connectivity index (χ0) is 14.5. The second-order valence-electron chi connectivity index (χ2n) is 5.30. The average Bonchev–Trinajstić information content (AvgIpc) is 2.47. The van der Waals surface area contributed by atoms with Crippen molar-refractivity contribution in [2.45, 2.75) is 32.1 Å². The van der Waals surface area contributed by atoms with Crippen LogP contribution in [0.2, 0.25) is 0 Å². The van der Waals surface area contributed by atoms with Crippen molar-refractivity contribution in [3.05, 3.63) is 33.9 Å². The third-order valence-electron chi connectivity index (χ3n) is 3.99. The Hall–Kier alpha value is -1.62. The molecule has 0 radical (unpaired) electrons. The van der Waals surface area contributed by atoms with E-state index in [-0.39, 0.29) is 10.6 Å². The molecule has 1 aromatic rings. The van der Waals surface area contributed by atoms with E-state index < -0.39 is 0 Å². The molecule has 5 nitrogen and oxygen atoms in total. The van der Waals surface area contributed by atoms with E-state index in [9.17, 15) is 10.1 Å². The van der Waals surface area contributed by atoms with Crippen molar-refractivity contribution in [3.63, 3.8) is 0 Å². The second-order valence-corrected chi connectivity index (χ2v) is 5.30. The van der Waals surface area contributed by atoms with Gasteiger partial charge in [-0.25, -0.2) is 0 Å². The van der Waals surface area contributed by atoms with Crippen LogP contribution in [-0.2, 0) is 0 Å². The number of nitro benzene ring substituents is 1. The van der Waals surface area contributed by atoms with Gasteiger partial charge in [-0.15, -0.1) is 0 Å². The van der Waals surface area contributed by atoms with Crippen LogP contribution < -0.4 is 4.74 Å². The van der Waals surface area contributed by atoms with Crippen molar-refractivity contribution in [1.29, 1.82) is 0 Å². The summed E-state index contributed by atoms with van der Waals surface area (Å²) < 4.78 is 5.37. The molecule has 1 aromatic carbocycles. The molecule has 0 N–H and O–H groups in total. The van der Waals surface area contributed by atoms with Crippen LogP contribution in [0.4, 0.5) is 5.69 Å². The Morgan fingerprint density at radius 2 is 2.10 bits per heavy atom. The quantitative estimate of drug-likeness (QED) is 0.613. The van der Waals surface area contributed by atoms with Gasteiger partial charge in [0.05, 0.1) is 12.0 Å². The highest BCUT2D eigenvalue weighted by molar-refractivity contribution is 5.45. The predicted octanol–water partition coefficient (Wildman–Crippen LogP) is 3.19. The smallest absolute Gasteiger partial charge is 0.269 e. The summed E-state index contributed by atoms with van der Waals surface area (Å²) in [6, 6.07) is 4.90. The van der Waals surface area contributed by atoms with Gasteiger partial charge in [-0.1, -0.05) is 6.92 Å². The number of nitro groups is 1.